The van der Waals surface area contributed by atoms with Crippen LogP contribution >= 0.6 is 0 Å². The van der Waals surface area contributed by atoms with Gasteiger partial charge in [-0.2, -0.15) is 0 Å². The highest BCUT2D eigenvalue weighted by Crippen LogP contribution is 2.25. The molecule has 0 aliphatic carbocycles. The molecule has 0 aromatic carbocycles. The van der Waals surface area contributed by atoms with E-state index in [9.17, 15) is 14.9 Å². The number of ether oxygens (including phenoxy) is 3. The third-order valence-electron chi connectivity index (χ3n) is 2.56. The molecular weight excluding hydrogens is 280 g/mol. The number of methoxy groups -OCH3 is 1. The zero-order chi connectivity index (χ0) is 15.7. The number of esters is 1. The van der Waals surface area contributed by atoms with Crippen molar-refractivity contribution in [2.24, 2.45) is 0 Å². The number of unbranched alkanes of at least 4 members (excludes halogenated alkanes) is 1. The molecule has 0 spiro atoms. The minimum atomic E-state index is -0.694. The van der Waals surface area contributed by atoms with E-state index in [0.717, 1.165) is 18.9 Å². The van der Waals surface area contributed by atoms with Gasteiger partial charge in [0, 0.05) is 18.9 Å². The van der Waals surface area contributed by atoms with Crippen molar-refractivity contribution in [3.63, 3.8) is 0 Å². The first-order valence-electron chi connectivity index (χ1n) is 6.53. The highest BCUT2D eigenvalue weighted by atomic mass is 16.6. The third kappa shape index (κ3) is 5.35. The lowest BCUT2D eigenvalue weighted by Gasteiger charge is -2.07. The van der Waals surface area contributed by atoms with Crippen LogP contribution < -0.4 is 4.74 Å². The van der Waals surface area contributed by atoms with Crippen molar-refractivity contribution in [1.29, 1.82) is 0 Å². The van der Waals surface area contributed by atoms with Gasteiger partial charge in [-0.3, -0.25) is 10.1 Å². The minimum absolute atomic E-state index is 0.00394. The van der Waals surface area contributed by atoms with Crippen LogP contribution in [0.3, 0.4) is 0 Å². The zero-order valence-corrected chi connectivity index (χ0v) is 12.0. The van der Waals surface area contributed by atoms with Crippen LogP contribution in [0.2, 0.25) is 0 Å². The molecule has 0 atom stereocenters. The average Bonchev–Trinajstić information content (AvgIpc) is 2.49. The van der Waals surface area contributed by atoms with E-state index in [0.29, 0.717) is 13.2 Å². The van der Waals surface area contributed by atoms with Gasteiger partial charge in [0.25, 0.3) is 5.88 Å². The Kier molecular flexibility index (Phi) is 7.10. The molecule has 0 amide bonds. The fraction of sp³-hybridized carbons (Fsp3) is 0.538. The Balaban J connectivity index is 2.65. The van der Waals surface area contributed by atoms with Gasteiger partial charge in [0.15, 0.2) is 0 Å². The Bertz CT molecular complexity index is 492. The number of nitrogens with zero attached hydrogens (tertiary/aromatic N) is 2. The summed E-state index contributed by atoms with van der Waals surface area (Å²) in [7, 11) is 1.19. The van der Waals surface area contributed by atoms with E-state index < -0.39 is 10.9 Å². The molecule has 1 heterocycles. The molecule has 0 saturated carbocycles. The largest absolute Gasteiger partial charge is 0.470 e. The predicted octanol–water partition coefficient (Wildman–Crippen LogP) is 1.97. The Labute approximate surface area is 122 Å². The van der Waals surface area contributed by atoms with Crippen molar-refractivity contribution < 1.29 is 23.9 Å². The molecule has 0 N–H and O–H groups in total. The monoisotopic (exact) mass is 298 g/mol. The van der Waals surface area contributed by atoms with Crippen LogP contribution in [0.1, 0.15) is 30.1 Å². The SMILES string of the molecule is CCCCOCCOc1ncc(C(=O)OC)cc1[N+](=O)[O-]. The first-order chi connectivity index (χ1) is 10.1. The van der Waals surface area contributed by atoms with Crippen molar-refractivity contribution in [3.8, 4) is 5.88 Å². The fourth-order valence-electron chi connectivity index (χ4n) is 1.46. The van der Waals surface area contributed by atoms with Gasteiger partial charge in [-0.15, -0.1) is 0 Å². The second-order valence-corrected chi connectivity index (χ2v) is 4.11. The third-order valence-corrected chi connectivity index (χ3v) is 2.56. The first-order valence-corrected chi connectivity index (χ1v) is 6.53. The maximum absolute atomic E-state index is 11.3. The Morgan fingerprint density at radius 1 is 1.38 bits per heavy atom. The predicted molar refractivity (Wildman–Crippen MR) is 73.5 cm³/mol. The van der Waals surface area contributed by atoms with Gasteiger partial charge in [0.2, 0.25) is 0 Å². The lowest BCUT2D eigenvalue weighted by molar-refractivity contribution is -0.386. The number of nitro groups is 1. The molecule has 0 bridgehead atoms. The Morgan fingerprint density at radius 2 is 2.14 bits per heavy atom. The number of rotatable bonds is 9. The van der Waals surface area contributed by atoms with E-state index in [-0.39, 0.29) is 23.7 Å². The molecule has 1 aromatic rings. The molecule has 0 radical (unpaired) electrons. The van der Waals surface area contributed by atoms with E-state index in [1.807, 2.05) is 0 Å². The molecule has 8 nitrogen and oxygen atoms in total. The van der Waals surface area contributed by atoms with E-state index >= 15 is 0 Å². The smallest absolute Gasteiger partial charge is 0.339 e. The molecule has 0 fully saturated rings. The van der Waals surface area contributed by atoms with Crippen LogP contribution in [0.4, 0.5) is 5.69 Å². The number of carbonyl (C=O) groups is 1. The lowest BCUT2D eigenvalue weighted by atomic mass is 10.2. The Hall–Kier alpha value is -2.22. The van der Waals surface area contributed by atoms with Crippen molar-refractivity contribution in [2.75, 3.05) is 26.9 Å². The summed E-state index contributed by atoms with van der Waals surface area (Å²) in [6.07, 6.45) is 3.15. The number of hydrogen-bond donors (Lipinski definition) is 0. The normalized spacial score (nSPS) is 10.2. The van der Waals surface area contributed by atoms with Crippen LogP contribution in [0, 0.1) is 10.1 Å². The van der Waals surface area contributed by atoms with Gasteiger partial charge in [0.1, 0.15) is 6.61 Å². The van der Waals surface area contributed by atoms with Crippen molar-refractivity contribution in [1.82, 2.24) is 4.98 Å². The quantitative estimate of drug-likeness (QED) is 0.297. The fourth-order valence-corrected chi connectivity index (χ4v) is 1.46. The molecular formula is C13H18N2O6. The van der Waals surface area contributed by atoms with E-state index in [2.05, 4.69) is 16.6 Å². The maximum Gasteiger partial charge on any atom is 0.339 e. The number of aromatic nitrogens is 1. The van der Waals surface area contributed by atoms with Gasteiger partial charge in [-0.1, -0.05) is 13.3 Å². The van der Waals surface area contributed by atoms with Crippen LogP contribution in [0.5, 0.6) is 5.88 Å². The maximum atomic E-state index is 11.3. The number of pyridine rings is 1. The van der Waals surface area contributed by atoms with Gasteiger partial charge < -0.3 is 14.2 Å². The van der Waals surface area contributed by atoms with Gasteiger partial charge in [0.05, 0.1) is 24.2 Å². The first kappa shape index (κ1) is 16.8. The summed E-state index contributed by atoms with van der Waals surface area (Å²) in [5, 5.41) is 11.0. The van der Waals surface area contributed by atoms with Crippen LogP contribution in [0.15, 0.2) is 12.3 Å². The summed E-state index contributed by atoms with van der Waals surface area (Å²) in [6.45, 7) is 3.14. The summed E-state index contributed by atoms with van der Waals surface area (Å²) in [5.74, 6) is -0.841. The van der Waals surface area contributed by atoms with Crippen molar-refractivity contribution in [3.05, 3.63) is 27.9 Å². The standard InChI is InChI=1S/C13H18N2O6/c1-3-4-5-20-6-7-21-12-11(15(17)18)8-10(9-14-12)13(16)19-2/h8-9H,3-7H2,1-2H3. The molecule has 116 valence electrons. The summed E-state index contributed by atoms with van der Waals surface area (Å²) < 4.78 is 15.0. The lowest BCUT2D eigenvalue weighted by Crippen LogP contribution is -2.10. The summed E-state index contributed by atoms with van der Waals surface area (Å²) >= 11 is 0. The van der Waals surface area contributed by atoms with Crippen LogP contribution in [-0.2, 0) is 9.47 Å². The summed E-state index contributed by atoms with van der Waals surface area (Å²) in [6, 6.07) is 1.08. The van der Waals surface area contributed by atoms with Crippen molar-refractivity contribution >= 4 is 11.7 Å². The molecule has 8 heteroatoms. The molecule has 0 saturated heterocycles. The van der Waals surface area contributed by atoms with E-state index in [1.165, 1.54) is 13.3 Å². The van der Waals surface area contributed by atoms with Gasteiger partial charge >= 0.3 is 11.7 Å². The van der Waals surface area contributed by atoms with E-state index in [1.54, 1.807) is 0 Å². The minimum Gasteiger partial charge on any atom is -0.470 e. The summed E-state index contributed by atoms with van der Waals surface area (Å²) in [4.78, 5) is 25.4. The average molecular weight is 298 g/mol. The van der Waals surface area contributed by atoms with Crippen LogP contribution in [0.25, 0.3) is 0 Å². The highest BCUT2D eigenvalue weighted by Gasteiger charge is 2.20. The molecule has 1 aromatic heterocycles. The van der Waals surface area contributed by atoms with Crippen LogP contribution in [-0.4, -0.2) is 42.8 Å². The van der Waals surface area contributed by atoms with Gasteiger partial charge in [-0.25, -0.2) is 9.78 Å². The second-order valence-electron chi connectivity index (χ2n) is 4.11. The molecule has 21 heavy (non-hydrogen) atoms. The number of carbonyl (C=O) groups excluding carboxylic acids is 1. The topological polar surface area (TPSA) is 101 Å². The number of hydrogen-bond acceptors (Lipinski definition) is 7. The summed E-state index contributed by atoms with van der Waals surface area (Å²) in [5.41, 5.74) is -0.387. The second kappa shape index (κ2) is 8.85. The zero-order valence-electron chi connectivity index (χ0n) is 12.0. The molecule has 0 aliphatic heterocycles. The highest BCUT2D eigenvalue weighted by molar-refractivity contribution is 5.89. The molecule has 0 unspecified atom stereocenters. The van der Waals surface area contributed by atoms with E-state index in [4.69, 9.17) is 9.47 Å². The van der Waals surface area contributed by atoms with Crippen molar-refractivity contribution in [2.45, 2.75) is 19.8 Å². The molecule has 1 rings (SSSR count). The molecule has 0 aliphatic rings. The van der Waals surface area contributed by atoms with Gasteiger partial charge in [-0.05, 0) is 6.42 Å². The Morgan fingerprint density at radius 3 is 2.76 bits per heavy atom.